The molecule has 0 aliphatic heterocycles. The molecule has 0 fully saturated rings. The van der Waals surface area contributed by atoms with E-state index >= 15 is 0 Å². The topological polar surface area (TPSA) is 52.6 Å². The molecule has 17 heavy (non-hydrogen) atoms. The van der Waals surface area contributed by atoms with Gasteiger partial charge in [0, 0.05) is 6.42 Å². The summed E-state index contributed by atoms with van der Waals surface area (Å²) in [5, 5.41) is 0. The fraction of sp³-hybridized carbons (Fsp3) is 0.846. The first-order valence-corrected chi connectivity index (χ1v) is 6.29. The molecule has 0 heterocycles. The summed E-state index contributed by atoms with van der Waals surface area (Å²) < 4.78 is 10.3. The first-order chi connectivity index (χ1) is 7.88. The lowest BCUT2D eigenvalue weighted by Gasteiger charge is -2.20. The number of carbonyl (C=O) groups is 2. The van der Waals surface area contributed by atoms with Crippen LogP contribution in [-0.2, 0) is 19.1 Å². The van der Waals surface area contributed by atoms with E-state index in [0.29, 0.717) is 6.42 Å². The van der Waals surface area contributed by atoms with Crippen molar-refractivity contribution in [1.82, 2.24) is 0 Å². The highest BCUT2D eigenvalue weighted by atomic mass is 16.7. The van der Waals surface area contributed by atoms with Crippen molar-refractivity contribution < 1.29 is 19.1 Å². The van der Waals surface area contributed by atoms with Crippen LogP contribution < -0.4 is 0 Å². The average Bonchev–Trinajstić information content (AvgIpc) is 2.25. The van der Waals surface area contributed by atoms with Gasteiger partial charge >= 0.3 is 11.9 Å². The van der Waals surface area contributed by atoms with Gasteiger partial charge in [-0.05, 0) is 6.42 Å². The van der Waals surface area contributed by atoms with E-state index in [4.69, 9.17) is 9.47 Å². The summed E-state index contributed by atoms with van der Waals surface area (Å²) in [6, 6.07) is 0. The molecule has 0 bridgehead atoms. The fourth-order valence-electron chi connectivity index (χ4n) is 1.04. The van der Waals surface area contributed by atoms with Crippen LogP contribution in [0.1, 0.15) is 53.9 Å². The molecule has 4 heteroatoms. The minimum Gasteiger partial charge on any atom is -0.425 e. The molecule has 4 nitrogen and oxygen atoms in total. The normalized spacial score (nSPS) is 11.1. The number of unbranched alkanes of at least 4 members (excludes halogenated alkanes) is 1. The Morgan fingerprint density at radius 2 is 1.35 bits per heavy atom. The Morgan fingerprint density at radius 1 is 0.941 bits per heavy atom. The highest BCUT2D eigenvalue weighted by Crippen LogP contribution is 2.12. The smallest absolute Gasteiger partial charge is 0.311 e. The van der Waals surface area contributed by atoms with Gasteiger partial charge in [0.1, 0.15) is 0 Å². The molecule has 0 spiro atoms. The lowest BCUT2D eigenvalue weighted by molar-refractivity contribution is -0.193. The zero-order valence-corrected chi connectivity index (χ0v) is 11.5. The monoisotopic (exact) mass is 244 g/mol. The molecular weight excluding hydrogens is 220 g/mol. The molecule has 0 aromatic heterocycles. The van der Waals surface area contributed by atoms with Crippen molar-refractivity contribution in [2.24, 2.45) is 11.8 Å². The van der Waals surface area contributed by atoms with Crippen molar-refractivity contribution in [2.75, 3.05) is 0 Å². The van der Waals surface area contributed by atoms with Crippen molar-refractivity contribution in [3.8, 4) is 0 Å². The van der Waals surface area contributed by atoms with Crippen LogP contribution in [0.5, 0.6) is 0 Å². The number of hydrogen-bond donors (Lipinski definition) is 0. The summed E-state index contributed by atoms with van der Waals surface area (Å²) in [6.45, 7) is 9.05. The summed E-state index contributed by atoms with van der Waals surface area (Å²) >= 11 is 0. The maximum atomic E-state index is 11.5. The zero-order chi connectivity index (χ0) is 13.4. The molecule has 0 aromatic carbocycles. The predicted molar refractivity (Wildman–Crippen MR) is 65.2 cm³/mol. The molecule has 0 aromatic rings. The largest absolute Gasteiger partial charge is 0.425 e. The second-order valence-electron chi connectivity index (χ2n) is 4.75. The van der Waals surface area contributed by atoms with Crippen molar-refractivity contribution >= 4 is 11.9 Å². The van der Waals surface area contributed by atoms with E-state index in [0.717, 1.165) is 12.8 Å². The SMILES string of the molecule is CCCCC(OC(=O)C(C)C)OC(=O)C(C)C. The lowest BCUT2D eigenvalue weighted by atomic mass is 10.2. The maximum absolute atomic E-state index is 11.5. The number of rotatable bonds is 7. The molecule has 0 aliphatic carbocycles. The first-order valence-electron chi connectivity index (χ1n) is 6.29. The van der Waals surface area contributed by atoms with E-state index in [1.807, 2.05) is 6.92 Å². The Kier molecular flexibility index (Phi) is 7.59. The van der Waals surface area contributed by atoms with Crippen LogP contribution >= 0.6 is 0 Å². The number of carbonyl (C=O) groups excluding carboxylic acids is 2. The van der Waals surface area contributed by atoms with Gasteiger partial charge in [-0.3, -0.25) is 9.59 Å². The third-order valence-corrected chi connectivity index (χ3v) is 2.23. The van der Waals surface area contributed by atoms with E-state index in [9.17, 15) is 9.59 Å². The van der Waals surface area contributed by atoms with Crippen LogP contribution in [0.3, 0.4) is 0 Å². The van der Waals surface area contributed by atoms with Crippen molar-refractivity contribution in [3.05, 3.63) is 0 Å². The number of esters is 2. The molecule has 0 aliphatic rings. The van der Waals surface area contributed by atoms with Gasteiger partial charge in [-0.25, -0.2) is 0 Å². The van der Waals surface area contributed by atoms with Gasteiger partial charge in [0.2, 0.25) is 6.29 Å². The highest BCUT2D eigenvalue weighted by molar-refractivity contribution is 5.73. The van der Waals surface area contributed by atoms with Crippen LogP contribution in [-0.4, -0.2) is 18.2 Å². The molecular formula is C13H24O4. The number of hydrogen-bond acceptors (Lipinski definition) is 4. The van der Waals surface area contributed by atoms with Crippen LogP contribution in [0.2, 0.25) is 0 Å². The minimum absolute atomic E-state index is 0.211. The van der Waals surface area contributed by atoms with Crippen LogP contribution in [0.4, 0.5) is 0 Å². The van der Waals surface area contributed by atoms with Gasteiger partial charge in [-0.15, -0.1) is 0 Å². The second kappa shape index (κ2) is 8.09. The Balaban J connectivity index is 4.32. The Morgan fingerprint density at radius 3 is 1.65 bits per heavy atom. The molecule has 0 radical (unpaired) electrons. The minimum atomic E-state index is -0.736. The van der Waals surface area contributed by atoms with Crippen LogP contribution in [0.25, 0.3) is 0 Å². The molecule has 0 saturated carbocycles. The zero-order valence-electron chi connectivity index (χ0n) is 11.5. The van der Waals surface area contributed by atoms with E-state index in [2.05, 4.69) is 0 Å². The number of ether oxygens (including phenoxy) is 2. The van der Waals surface area contributed by atoms with E-state index in [1.165, 1.54) is 0 Å². The quantitative estimate of drug-likeness (QED) is 0.510. The maximum Gasteiger partial charge on any atom is 0.311 e. The summed E-state index contributed by atoms with van der Waals surface area (Å²) in [6.07, 6.45) is 1.66. The Bertz CT molecular complexity index is 224. The van der Waals surface area contributed by atoms with E-state index in [-0.39, 0.29) is 23.8 Å². The molecule has 0 amide bonds. The lowest BCUT2D eigenvalue weighted by Crippen LogP contribution is -2.28. The van der Waals surface area contributed by atoms with Crippen molar-refractivity contribution in [2.45, 2.75) is 60.2 Å². The summed E-state index contributed by atoms with van der Waals surface area (Å²) in [5.74, 6) is -1.08. The van der Waals surface area contributed by atoms with Crippen LogP contribution in [0, 0.1) is 11.8 Å². The van der Waals surface area contributed by atoms with Gasteiger partial charge < -0.3 is 9.47 Å². The Labute approximate surface area is 104 Å². The van der Waals surface area contributed by atoms with E-state index in [1.54, 1.807) is 27.7 Å². The van der Waals surface area contributed by atoms with Gasteiger partial charge in [0.25, 0.3) is 0 Å². The molecule has 0 rings (SSSR count). The third-order valence-electron chi connectivity index (χ3n) is 2.23. The molecule has 0 saturated heterocycles. The standard InChI is InChI=1S/C13H24O4/c1-6-7-8-11(16-12(14)9(2)3)17-13(15)10(4)5/h9-11H,6-8H2,1-5H3. The summed E-state index contributed by atoms with van der Waals surface area (Å²) in [7, 11) is 0. The summed E-state index contributed by atoms with van der Waals surface area (Å²) in [5.41, 5.74) is 0. The van der Waals surface area contributed by atoms with Crippen LogP contribution in [0.15, 0.2) is 0 Å². The summed E-state index contributed by atoms with van der Waals surface area (Å²) in [4.78, 5) is 22.9. The fourth-order valence-corrected chi connectivity index (χ4v) is 1.04. The predicted octanol–water partition coefficient (Wildman–Crippen LogP) is 2.90. The second-order valence-corrected chi connectivity index (χ2v) is 4.75. The molecule has 0 atom stereocenters. The molecule has 100 valence electrons. The molecule has 0 unspecified atom stereocenters. The highest BCUT2D eigenvalue weighted by Gasteiger charge is 2.21. The van der Waals surface area contributed by atoms with Crippen molar-refractivity contribution in [3.63, 3.8) is 0 Å². The van der Waals surface area contributed by atoms with Gasteiger partial charge in [-0.1, -0.05) is 41.0 Å². The van der Waals surface area contributed by atoms with Gasteiger partial charge in [0.05, 0.1) is 11.8 Å². The first kappa shape index (κ1) is 15.9. The van der Waals surface area contributed by atoms with E-state index < -0.39 is 6.29 Å². The van der Waals surface area contributed by atoms with Gasteiger partial charge in [0.15, 0.2) is 0 Å². The third kappa shape index (κ3) is 6.97. The molecule has 0 N–H and O–H groups in total. The Hall–Kier alpha value is -1.06. The van der Waals surface area contributed by atoms with Gasteiger partial charge in [-0.2, -0.15) is 0 Å². The van der Waals surface area contributed by atoms with Crippen molar-refractivity contribution in [1.29, 1.82) is 0 Å². The average molecular weight is 244 g/mol.